The molecule has 1 aromatic heterocycles. The van der Waals surface area contributed by atoms with Crippen LogP contribution in [-0.4, -0.2) is 46.1 Å². The van der Waals surface area contributed by atoms with Crippen LogP contribution in [0.2, 0.25) is 0 Å². The van der Waals surface area contributed by atoms with Gasteiger partial charge in [0.15, 0.2) is 0 Å². The second kappa shape index (κ2) is 10.1. The van der Waals surface area contributed by atoms with Crippen molar-refractivity contribution >= 4 is 34.8 Å². The van der Waals surface area contributed by atoms with Crippen LogP contribution in [0.4, 0.5) is 0 Å². The molecule has 34 heavy (non-hydrogen) atoms. The number of nitrogens with zero attached hydrogens (tertiary/aromatic N) is 1. The maximum absolute atomic E-state index is 12.7. The molecule has 0 saturated carbocycles. The fourth-order valence-corrected chi connectivity index (χ4v) is 4.73. The number of rotatable bonds is 5. The molecule has 0 spiro atoms. The number of aryl methyl sites for hydroxylation is 1. The smallest absolute Gasteiger partial charge is 0.255 e. The Bertz CT molecular complexity index is 1250. The summed E-state index contributed by atoms with van der Waals surface area (Å²) in [6, 6.07) is 7.45. The highest BCUT2D eigenvalue weighted by Crippen LogP contribution is 2.22. The summed E-state index contributed by atoms with van der Waals surface area (Å²) < 4.78 is 19.9. The lowest BCUT2D eigenvalue weighted by atomic mass is 10.0. The summed E-state index contributed by atoms with van der Waals surface area (Å²) in [5.41, 5.74) is 4.03. The van der Waals surface area contributed by atoms with Gasteiger partial charge in [-0.3, -0.25) is 9.59 Å². The molecule has 8 heteroatoms. The molecule has 1 aromatic carbocycles. The number of benzene rings is 1. The third kappa shape index (κ3) is 5.74. The van der Waals surface area contributed by atoms with Crippen LogP contribution in [0.15, 0.2) is 40.5 Å². The van der Waals surface area contributed by atoms with E-state index in [1.54, 1.807) is 30.6 Å². The van der Waals surface area contributed by atoms with Crippen molar-refractivity contribution in [3.05, 3.63) is 69.1 Å². The van der Waals surface area contributed by atoms with Crippen LogP contribution in [0.25, 0.3) is 11.6 Å². The summed E-state index contributed by atoms with van der Waals surface area (Å²) in [6.45, 7) is 9.94. The number of carbonyl (C=O) groups excluding carboxylic acids is 2. The minimum absolute atomic E-state index is 0.130. The van der Waals surface area contributed by atoms with E-state index < -0.39 is 11.4 Å². The van der Waals surface area contributed by atoms with Gasteiger partial charge in [0, 0.05) is 28.9 Å². The average Bonchev–Trinajstić information content (AvgIpc) is 3.30. The van der Waals surface area contributed by atoms with Crippen molar-refractivity contribution in [2.24, 2.45) is 0 Å². The number of hydrogen-bond acceptors (Lipinski definition) is 5. The average molecular weight is 484 g/mol. The first-order valence-corrected chi connectivity index (χ1v) is 12.7. The third-order valence-electron chi connectivity index (χ3n) is 5.49. The summed E-state index contributed by atoms with van der Waals surface area (Å²) in [4.78, 5) is 25.3. The monoisotopic (exact) mass is 483 g/mol. The number of furan rings is 1. The van der Waals surface area contributed by atoms with E-state index in [-0.39, 0.29) is 17.4 Å². The standard InChI is InChI=1S/C26H33N3O4S/c1-16-13-20(15-29(16)34(7)32)23-21(22(17(2)33-23)25(31)27-6)12-11-18-9-8-10-19(14-18)24(30)28-26(3,4)5/h8-10,12-14H,11,15H2,1-7H3,(H,27,31)(H,28,30)/b21-12-,23-20+. The molecule has 0 bridgehead atoms. The van der Waals surface area contributed by atoms with Crippen LogP contribution in [0.1, 0.15) is 59.7 Å². The predicted octanol–water partition coefficient (Wildman–Crippen LogP) is 2.16. The highest BCUT2D eigenvalue weighted by molar-refractivity contribution is 7.88. The van der Waals surface area contributed by atoms with Gasteiger partial charge >= 0.3 is 0 Å². The molecule has 1 aliphatic heterocycles. The summed E-state index contributed by atoms with van der Waals surface area (Å²) in [7, 11) is 1.59. The van der Waals surface area contributed by atoms with Gasteiger partial charge in [-0.1, -0.05) is 18.2 Å². The topological polar surface area (TPSA) is 97.6 Å². The molecule has 2 aromatic rings. The van der Waals surface area contributed by atoms with Gasteiger partial charge in [0.2, 0.25) is 0 Å². The van der Waals surface area contributed by atoms with Crippen molar-refractivity contribution in [2.45, 2.75) is 46.6 Å². The Labute approximate surface area is 203 Å². The number of carbonyl (C=O) groups is 2. The van der Waals surface area contributed by atoms with Crippen molar-refractivity contribution in [2.75, 3.05) is 19.8 Å². The molecule has 182 valence electrons. The highest BCUT2D eigenvalue weighted by Gasteiger charge is 2.26. The van der Waals surface area contributed by atoms with Crippen LogP contribution in [-0.2, 0) is 17.8 Å². The van der Waals surface area contributed by atoms with Gasteiger partial charge in [-0.05, 0) is 64.8 Å². The second-order valence-electron chi connectivity index (χ2n) is 9.44. The van der Waals surface area contributed by atoms with E-state index in [0.717, 1.165) is 16.8 Å². The largest absolute Gasteiger partial charge is 0.593 e. The van der Waals surface area contributed by atoms with Crippen LogP contribution in [0.5, 0.6) is 0 Å². The molecule has 0 radical (unpaired) electrons. The minimum Gasteiger partial charge on any atom is -0.593 e. The third-order valence-corrected chi connectivity index (χ3v) is 6.53. The zero-order valence-corrected chi connectivity index (χ0v) is 21.7. The second-order valence-corrected chi connectivity index (χ2v) is 10.7. The molecule has 1 aliphatic rings. The first-order valence-electron chi connectivity index (χ1n) is 11.2. The van der Waals surface area contributed by atoms with Crippen molar-refractivity contribution in [1.82, 2.24) is 14.9 Å². The Kier molecular flexibility index (Phi) is 7.63. The van der Waals surface area contributed by atoms with Crippen molar-refractivity contribution in [3.63, 3.8) is 0 Å². The molecule has 0 fully saturated rings. The van der Waals surface area contributed by atoms with Crippen molar-refractivity contribution in [3.8, 4) is 0 Å². The van der Waals surface area contributed by atoms with Crippen LogP contribution in [0, 0.1) is 6.92 Å². The van der Waals surface area contributed by atoms with E-state index in [2.05, 4.69) is 10.6 Å². The Morgan fingerprint density at radius 3 is 2.53 bits per heavy atom. The molecule has 3 rings (SSSR count). The van der Waals surface area contributed by atoms with Crippen LogP contribution < -0.4 is 21.3 Å². The molecular weight excluding hydrogens is 450 g/mol. The van der Waals surface area contributed by atoms with Gasteiger partial charge in [0.1, 0.15) is 17.4 Å². The molecular formula is C26H33N3O4S. The van der Waals surface area contributed by atoms with Crippen LogP contribution in [0.3, 0.4) is 0 Å². The Morgan fingerprint density at radius 1 is 1.24 bits per heavy atom. The van der Waals surface area contributed by atoms with E-state index in [4.69, 9.17) is 4.42 Å². The molecule has 0 aliphatic carbocycles. The Hall–Kier alpha value is -2.97. The molecule has 0 saturated heterocycles. The van der Waals surface area contributed by atoms with Gasteiger partial charge < -0.3 is 19.6 Å². The molecule has 2 heterocycles. The maximum Gasteiger partial charge on any atom is 0.255 e. The van der Waals surface area contributed by atoms with E-state index in [1.807, 2.05) is 58.0 Å². The quantitative estimate of drug-likeness (QED) is 0.636. The van der Waals surface area contributed by atoms with Gasteiger partial charge in [0.05, 0.1) is 29.2 Å². The first kappa shape index (κ1) is 25.6. The number of nitrogens with one attached hydrogen (secondary N) is 2. The van der Waals surface area contributed by atoms with Gasteiger partial charge in [0.25, 0.3) is 11.8 Å². The van der Waals surface area contributed by atoms with Crippen molar-refractivity contribution in [1.29, 1.82) is 0 Å². The van der Waals surface area contributed by atoms with E-state index >= 15 is 0 Å². The molecule has 2 N–H and O–H groups in total. The van der Waals surface area contributed by atoms with Gasteiger partial charge in [-0.25, -0.2) is 0 Å². The SMILES string of the molecule is CNC(=O)c1c(C)oc(=C2\C=C(C)N([S+](C)[O-])C2)/c1=C\Cc1cccc(C(=O)NC(C)(C)C)c1. The van der Waals surface area contributed by atoms with E-state index in [9.17, 15) is 14.1 Å². The van der Waals surface area contributed by atoms with E-state index in [0.29, 0.717) is 40.5 Å². The summed E-state index contributed by atoms with van der Waals surface area (Å²) in [5, 5.41) is 6.37. The number of amides is 2. The first-order chi connectivity index (χ1) is 15.9. The predicted molar refractivity (Wildman–Crippen MR) is 136 cm³/mol. The van der Waals surface area contributed by atoms with Gasteiger partial charge in [-0.2, -0.15) is 4.31 Å². The maximum atomic E-state index is 12.7. The van der Waals surface area contributed by atoms with Crippen LogP contribution >= 0.6 is 0 Å². The fraction of sp³-hybridized carbons (Fsp3) is 0.385. The number of allylic oxidation sites excluding steroid dienone is 1. The normalized spacial score (nSPS) is 17.0. The summed E-state index contributed by atoms with van der Waals surface area (Å²) in [5.74, 6) is 0.163. The summed E-state index contributed by atoms with van der Waals surface area (Å²) in [6.07, 6.45) is 6.05. The Morgan fingerprint density at radius 2 is 1.94 bits per heavy atom. The zero-order chi connectivity index (χ0) is 25.2. The lowest BCUT2D eigenvalue weighted by molar-refractivity contribution is 0.0917. The van der Waals surface area contributed by atoms with E-state index in [1.165, 1.54) is 0 Å². The summed E-state index contributed by atoms with van der Waals surface area (Å²) >= 11 is -1.15. The minimum atomic E-state index is -1.15. The molecule has 1 unspecified atom stereocenters. The zero-order valence-electron chi connectivity index (χ0n) is 20.9. The van der Waals surface area contributed by atoms with Gasteiger partial charge in [-0.15, -0.1) is 0 Å². The lowest BCUT2D eigenvalue weighted by Crippen LogP contribution is -2.40. The number of hydrogen-bond donors (Lipinski definition) is 2. The lowest BCUT2D eigenvalue weighted by Gasteiger charge is -2.20. The fourth-order valence-electron chi connectivity index (χ4n) is 3.96. The molecule has 1 atom stereocenters. The molecule has 7 nitrogen and oxygen atoms in total. The van der Waals surface area contributed by atoms with Crippen molar-refractivity contribution < 1.29 is 18.6 Å². The Balaban J connectivity index is 2.07. The molecule has 2 amide bonds. The highest BCUT2D eigenvalue weighted by atomic mass is 32.2.